The highest BCUT2D eigenvalue weighted by Gasteiger charge is 2.49. The van der Waals surface area contributed by atoms with Crippen LogP contribution in [0.25, 0.3) is 0 Å². The van der Waals surface area contributed by atoms with E-state index in [-0.39, 0.29) is 6.29 Å². The first-order valence-corrected chi connectivity index (χ1v) is 7.67. The molecule has 1 saturated heterocycles. The topological polar surface area (TPSA) is 154 Å². The number of nitrogens with zero attached hydrogens (tertiary/aromatic N) is 1. The zero-order valence-electron chi connectivity index (χ0n) is 16.0. The van der Waals surface area contributed by atoms with Crippen molar-refractivity contribution < 1.29 is 31.3 Å². The summed E-state index contributed by atoms with van der Waals surface area (Å²) in [6, 6.07) is -1.22. The van der Waals surface area contributed by atoms with E-state index in [9.17, 15) is 24.3 Å². The van der Waals surface area contributed by atoms with Crippen LogP contribution in [-0.4, -0.2) is 51.5 Å². The van der Waals surface area contributed by atoms with Crippen LogP contribution < -0.4 is 17.0 Å². The molecular weight excluding hydrogens is 353 g/mol. The molecule has 0 spiro atoms. The molecule has 0 aromatic carbocycles. The van der Waals surface area contributed by atoms with Crippen LogP contribution in [0.4, 0.5) is 4.39 Å². The molecule has 4 atom stereocenters. The Morgan fingerprint density at radius 2 is 2.35 bits per heavy atom. The molecule has 0 unspecified atom stereocenters. The van der Waals surface area contributed by atoms with Crippen LogP contribution in [0.2, 0.25) is 0 Å². The smallest absolute Gasteiger partial charge is 0.330 e. The number of ether oxygens (including phenoxy) is 2. The fraction of sp³-hybridized carbons (Fsp3) is 0.600. The number of alkyl halides is 1. The van der Waals surface area contributed by atoms with Gasteiger partial charge in [-0.15, -0.1) is 0 Å². The molecule has 0 bridgehead atoms. The second kappa shape index (κ2) is 7.48. The minimum absolute atomic E-state index is 0.132. The number of aliphatic hydroxyl groups is 1. The third-order valence-electron chi connectivity index (χ3n) is 3.80. The van der Waals surface area contributed by atoms with Gasteiger partial charge >= 0.3 is 11.7 Å². The van der Waals surface area contributed by atoms with Gasteiger partial charge in [0.15, 0.2) is 19.1 Å². The number of H-pyrrole nitrogens is 1. The first-order valence-electron chi connectivity index (χ1n) is 8.67. The number of carbonyl (C=O) groups is 2. The van der Waals surface area contributed by atoms with E-state index < -0.39 is 65.9 Å². The molecule has 1 aromatic heterocycles. The maximum Gasteiger partial charge on any atom is 0.330 e. The van der Waals surface area contributed by atoms with Crippen LogP contribution in [0.15, 0.2) is 15.8 Å². The largest absolute Gasteiger partial charge is 0.458 e. The third-order valence-corrected chi connectivity index (χ3v) is 3.80. The van der Waals surface area contributed by atoms with Crippen molar-refractivity contribution in [3.05, 3.63) is 32.6 Å². The number of aromatic nitrogens is 2. The summed E-state index contributed by atoms with van der Waals surface area (Å²) in [5.41, 5.74) is 2.94. The number of aldehydes is 1. The number of rotatable bonds is 6. The van der Waals surface area contributed by atoms with Crippen LogP contribution in [0.3, 0.4) is 0 Å². The SMILES string of the molecule is [2H]C([2H])(OC(=O)[C@@H](N)C(C)C)[C@]1(F)C[C@@H](O)[C@H](n2cc(C=O)c(=O)[nH]c2=O)O1. The van der Waals surface area contributed by atoms with Crippen LogP contribution in [-0.2, 0) is 14.3 Å². The van der Waals surface area contributed by atoms with Gasteiger partial charge < -0.3 is 20.3 Å². The lowest BCUT2D eigenvalue weighted by Gasteiger charge is -2.22. The first-order chi connectivity index (χ1) is 12.8. The van der Waals surface area contributed by atoms with E-state index in [0.717, 1.165) is 6.20 Å². The fourth-order valence-electron chi connectivity index (χ4n) is 2.24. The standard InChI is InChI=1S/C15H20FN3O7/c1-7(2)10(17)13(23)25-6-15(16)3-9(21)12(26-15)19-4-8(5-20)11(22)18-14(19)24/h4-5,7,9-10,12,21H,3,6,17H2,1-2H3,(H,18,22,24)/t9-,10+,12-,15+/m1/s1/i6D2. The van der Waals surface area contributed by atoms with Crippen LogP contribution >= 0.6 is 0 Å². The van der Waals surface area contributed by atoms with Gasteiger partial charge in [0, 0.05) is 12.6 Å². The average molecular weight is 375 g/mol. The number of nitrogens with one attached hydrogen (secondary N) is 1. The molecule has 2 rings (SSSR count). The molecule has 1 aromatic rings. The second-order valence-corrected chi connectivity index (χ2v) is 6.17. The molecule has 26 heavy (non-hydrogen) atoms. The van der Waals surface area contributed by atoms with Crippen molar-refractivity contribution in [1.82, 2.24) is 9.55 Å². The lowest BCUT2D eigenvalue weighted by atomic mass is 10.1. The quantitative estimate of drug-likeness (QED) is 0.415. The Kier molecular flexibility index (Phi) is 4.91. The highest BCUT2D eigenvalue weighted by atomic mass is 19.2. The summed E-state index contributed by atoms with van der Waals surface area (Å²) in [5, 5.41) is 10.1. The van der Waals surface area contributed by atoms with Crippen molar-refractivity contribution in [3.63, 3.8) is 0 Å². The van der Waals surface area contributed by atoms with Crippen LogP contribution in [0.5, 0.6) is 0 Å². The van der Waals surface area contributed by atoms with Gasteiger partial charge in [0.1, 0.15) is 12.1 Å². The second-order valence-electron chi connectivity index (χ2n) is 6.17. The third kappa shape index (κ3) is 4.06. The maximum absolute atomic E-state index is 15.2. The summed E-state index contributed by atoms with van der Waals surface area (Å²) in [5.74, 6) is -4.97. The van der Waals surface area contributed by atoms with Crippen molar-refractivity contribution >= 4 is 12.3 Å². The summed E-state index contributed by atoms with van der Waals surface area (Å²) in [7, 11) is 0. The molecule has 0 radical (unpaired) electrons. The number of esters is 1. The molecule has 144 valence electrons. The minimum atomic E-state index is -3.36. The van der Waals surface area contributed by atoms with Crippen molar-refractivity contribution in [2.75, 3.05) is 6.56 Å². The Balaban J connectivity index is 2.33. The molecule has 0 saturated carbocycles. The van der Waals surface area contributed by atoms with Gasteiger partial charge in [-0.2, -0.15) is 0 Å². The monoisotopic (exact) mass is 375 g/mol. The number of aromatic amines is 1. The number of nitrogens with two attached hydrogens (primary N) is 1. The van der Waals surface area contributed by atoms with E-state index in [1.165, 1.54) is 0 Å². The lowest BCUT2D eigenvalue weighted by Crippen LogP contribution is -2.40. The highest BCUT2D eigenvalue weighted by Crippen LogP contribution is 2.37. The van der Waals surface area contributed by atoms with E-state index in [2.05, 4.69) is 4.74 Å². The molecule has 0 aliphatic carbocycles. The van der Waals surface area contributed by atoms with E-state index >= 15 is 4.39 Å². The van der Waals surface area contributed by atoms with Gasteiger partial charge in [0.25, 0.3) is 5.56 Å². The molecule has 11 heteroatoms. The van der Waals surface area contributed by atoms with Crippen molar-refractivity contribution in [2.45, 2.75) is 44.5 Å². The number of hydrogen-bond donors (Lipinski definition) is 3. The highest BCUT2D eigenvalue weighted by molar-refractivity contribution is 5.75. The van der Waals surface area contributed by atoms with E-state index in [1.54, 1.807) is 18.8 Å². The Morgan fingerprint density at radius 3 is 2.92 bits per heavy atom. The minimum Gasteiger partial charge on any atom is -0.458 e. The molecule has 1 fully saturated rings. The number of carbonyl (C=O) groups excluding carboxylic acids is 2. The van der Waals surface area contributed by atoms with Gasteiger partial charge in [-0.3, -0.25) is 23.9 Å². The Labute approximate surface area is 149 Å². The zero-order chi connectivity index (χ0) is 21.4. The first kappa shape index (κ1) is 17.1. The van der Waals surface area contributed by atoms with Crippen LogP contribution in [0.1, 0.15) is 39.6 Å². The Morgan fingerprint density at radius 1 is 1.69 bits per heavy atom. The molecule has 10 nitrogen and oxygen atoms in total. The van der Waals surface area contributed by atoms with Crippen LogP contribution in [0, 0.1) is 5.92 Å². The predicted molar refractivity (Wildman–Crippen MR) is 85.1 cm³/mol. The molecule has 1 aliphatic heterocycles. The Bertz CT molecular complexity index is 887. The van der Waals surface area contributed by atoms with E-state index in [1.807, 2.05) is 0 Å². The summed E-state index contributed by atoms with van der Waals surface area (Å²) in [4.78, 5) is 47.9. The Hall–Kier alpha value is -2.37. The van der Waals surface area contributed by atoms with E-state index in [4.69, 9.17) is 13.2 Å². The summed E-state index contributed by atoms with van der Waals surface area (Å²) in [6.45, 7) is -0.205. The van der Waals surface area contributed by atoms with E-state index in [0.29, 0.717) is 4.57 Å². The van der Waals surface area contributed by atoms with Gasteiger partial charge in [-0.25, -0.2) is 9.18 Å². The zero-order valence-corrected chi connectivity index (χ0v) is 14.0. The van der Waals surface area contributed by atoms with Gasteiger partial charge in [0.05, 0.1) is 8.30 Å². The lowest BCUT2D eigenvalue weighted by molar-refractivity contribution is -0.196. The molecule has 1 aliphatic rings. The number of halogens is 1. The van der Waals surface area contributed by atoms with Gasteiger partial charge in [0.2, 0.25) is 5.85 Å². The average Bonchev–Trinajstić information content (AvgIpc) is 2.90. The fourth-order valence-corrected chi connectivity index (χ4v) is 2.24. The molecule has 2 heterocycles. The molecule has 4 N–H and O–H groups in total. The maximum atomic E-state index is 15.2. The summed E-state index contributed by atoms with van der Waals surface area (Å²) >= 11 is 0. The predicted octanol–water partition coefficient (Wildman–Crippen LogP) is -1.18. The molecular formula is C15H20FN3O7. The van der Waals surface area contributed by atoms with Gasteiger partial charge in [-0.1, -0.05) is 13.8 Å². The summed E-state index contributed by atoms with van der Waals surface area (Å²) in [6.07, 6.45) is -3.69. The van der Waals surface area contributed by atoms with Gasteiger partial charge in [-0.05, 0) is 5.92 Å². The van der Waals surface area contributed by atoms with Crippen molar-refractivity contribution in [2.24, 2.45) is 11.7 Å². The molecule has 0 amide bonds. The van der Waals surface area contributed by atoms with Crippen molar-refractivity contribution in [3.8, 4) is 0 Å². The summed E-state index contributed by atoms with van der Waals surface area (Å²) < 4.78 is 40.6. The number of aliphatic hydroxyl groups excluding tert-OH is 1. The van der Waals surface area contributed by atoms with Crippen molar-refractivity contribution in [1.29, 1.82) is 0 Å². The normalized spacial score (nSPS) is 28.4. The number of hydrogen-bond acceptors (Lipinski definition) is 8.